The number of carbonyl (C=O) groups excluding carboxylic acids is 2. The predicted molar refractivity (Wildman–Crippen MR) is 126 cm³/mol. The maximum atomic E-state index is 13.0. The van der Waals surface area contributed by atoms with E-state index in [1.165, 1.54) is 18.2 Å². The number of pyridine rings is 1. The first-order valence-corrected chi connectivity index (χ1v) is 10.4. The minimum absolute atomic E-state index is 0.0727. The summed E-state index contributed by atoms with van der Waals surface area (Å²) < 4.78 is 10.5. The van der Waals surface area contributed by atoms with E-state index >= 15 is 0 Å². The number of Topliss-reactive ketones (excluding diaryl/α,β-unsaturated/α-hetero) is 1. The van der Waals surface area contributed by atoms with Crippen LogP contribution in [0.2, 0.25) is 5.02 Å². The minimum atomic E-state index is -0.747. The van der Waals surface area contributed by atoms with E-state index in [4.69, 9.17) is 21.1 Å². The lowest BCUT2D eigenvalue weighted by molar-refractivity contribution is -0.384. The van der Waals surface area contributed by atoms with Gasteiger partial charge in [0, 0.05) is 28.6 Å². The van der Waals surface area contributed by atoms with Gasteiger partial charge in [0.25, 0.3) is 5.69 Å². The Morgan fingerprint density at radius 1 is 1.03 bits per heavy atom. The summed E-state index contributed by atoms with van der Waals surface area (Å²) >= 11 is 6.34. The quantitative estimate of drug-likeness (QED) is 0.150. The summed E-state index contributed by atoms with van der Waals surface area (Å²) in [5, 5.41) is 11.8. The first-order chi connectivity index (χ1) is 16.4. The van der Waals surface area contributed by atoms with E-state index in [2.05, 4.69) is 4.98 Å². The maximum Gasteiger partial charge on any atom is 0.339 e. The fourth-order valence-corrected chi connectivity index (χ4v) is 3.59. The smallest absolute Gasteiger partial charge is 0.339 e. The van der Waals surface area contributed by atoms with Crippen LogP contribution in [0.3, 0.4) is 0 Å². The highest BCUT2D eigenvalue weighted by molar-refractivity contribution is 6.35. The Bertz CT molecular complexity index is 1420. The SMILES string of the molecule is COc1ccc(-c2cc(C(=O)OCC(=O)c3cccc([N+](=O)[O-])c3)c3cccc(Cl)c3n2)cc1. The van der Waals surface area contributed by atoms with E-state index in [1.54, 1.807) is 55.6 Å². The lowest BCUT2D eigenvalue weighted by Crippen LogP contribution is -2.15. The van der Waals surface area contributed by atoms with Gasteiger partial charge >= 0.3 is 5.97 Å². The van der Waals surface area contributed by atoms with Crippen LogP contribution in [-0.2, 0) is 4.74 Å². The molecule has 0 saturated heterocycles. The number of nitro benzene ring substituents is 1. The number of hydrogen-bond donors (Lipinski definition) is 0. The Kier molecular flexibility index (Phi) is 6.51. The molecule has 34 heavy (non-hydrogen) atoms. The normalized spacial score (nSPS) is 10.6. The number of benzene rings is 3. The molecule has 0 atom stereocenters. The third-order valence-electron chi connectivity index (χ3n) is 5.11. The second kappa shape index (κ2) is 9.68. The Hall–Kier alpha value is -4.30. The number of ether oxygens (including phenoxy) is 2. The average molecular weight is 477 g/mol. The monoisotopic (exact) mass is 476 g/mol. The highest BCUT2D eigenvalue weighted by Gasteiger charge is 2.19. The molecule has 170 valence electrons. The zero-order chi connectivity index (χ0) is 24.2. The second-order valence-corrected chi connectivity index (χ2v) is 7.63. The van der Waals surface area contributed by atoms with Gasteiger partial charge in [-0.15, -0.1) is 0 Å². The van der Waals surface area contributed by atoms with Crippen LogP contribution in [0.5, 0.6) is 5.75 Å². The van der Waals surface area contributed by atoms with Gasteiger partial charge in [-0.05, 0) is 36.4 Å². The van der Waals surface area contributed by atoms with Gasteiger partial charge in [0.2, 0.25) is 5.78 Å². The zero-order valence-corrected chi connectivity index (χ0v) is 18.6. The number of ketones is 1. The molecule has 0 fully saturated rings. The number of carbonyl (C=O) groups is 2. The van der Waals surface area contributed by atoms with Gasteiger partial charge in [-0.25, -0.2) is 9.78 Å². The third-order valence-corrected chi connectivity index (χ3v) is 5.41. The molecule has 0 N–H and O–H groups in total. The summed E-state index contributed by atoms with van der Waals surface area (Å²) in [7, 11) is 1.56. The van der Waals surface area contributed by atoms with Gasteiger partial charge in [-0.1, -0.05) is 35.9 Å². The molecule has 1 aromatic heterocycles. The van der Waals surface area contributed by atoms with Crippen molar-refractivity contribution in [3.63, 3.8) is 0 Å². The van der Waals surface area contributed by atoms with Crippen molar-refractivity contribution in [2.24, 2.45) is 0 Å². The Labute approximate surface area is 198 Å². The van der Waals surface area contributed by atoms with Gasteiger partial charge < -0.3 is 9.47 Å². The minimum Gasteiger partial charge on any atom is -0.497 e. The summed E-state index contributed by atoms with van der Waals surface area (Å²) in [6, 6.07) is 19.0. The number of para-hydroxylation sites is 1. The van der Waals surface area contributed by atoms with Crippen LogP contribution in [-0.4, -0.2) is 35.4 Å². The average Bonchev–Trinajstić information content (AvgIpc) is 2.87. The molecule has 0 aliphatic heterocycles. The van der Waals surface area contributed by atoms with Crippen molar-refractivity contribution in [1.29, 1.82) is 0 Å². The number of rotatable bonds is 7. The van der Waals surface area contributed by atoms with Crippen molar-refractivity contribution >= 4 is 39.9 Å². The fraction of sp³-hybridized carbons (Fsp3) is 0.0800. The number of methoxy groups -OCH3 is 1. The fourth-order valence-electron chi connectivity index (χ4n) is 3.38. The molecular weight excluding hydrogens is 460 g/mol. The molecule has 0 aliphatic rings. The van der Waals surface area contributed by atoms with Crippen molar-refractivity contribution in [3.8, 4) is 17.0 Å². The Balaban J connectivity index is 1.65. The zero-order valence-electron chi connectivity index (χ0n) is 17.9. The van der Waals surface area contributed by atoms with Gasteiger partial charge in [0.15, 0.2) is 6.61 Å². The van der Waals surface area contributed by atoms with Crippen molar-refractivity contribution in [1.82, 2.24) is 4.98 Å². The van der Waals surface area contributed by atoms with E-state index in [0.717, 1.165) is 11.6 Å². The number of fused-ring (bicyclic) bond motifs is 1. The van der Waals surface area contributed by atoms with Crippen LogP contribution in [0.1, 0.15) is 20.7 Å². The van der Waals surface area contributed by atoms with Crippen molar-refractivity contribution in [3.05, 3.63) is 99.1 Å². The molecular formula is C25H17ClN2O6. The Morgan fingerprint density at radius 3 is 2.47 bits per heavy atom. The molecule has 4 aromatic rings. The van der Waals surface area contributed by atoms with Crippen LogP contribution in [0.4, 0.5) is 5.69 Å². The van der Waals surface area contributed by atoms with Crippen molar-refractivity contribution < 1.29 is 24.0 Å². The number of halogens is 1. The summed E-state index contributed by atoms with van der Waals surface area (Å²) in [6.45, 7) is -0.581. The van der Waals surface area contributed by atoms with Gasteiger partial charge in [0.05, 0.1) is 33.8 Å². The van der Waals surface area contributed by atoms with Gasteiger partial charge in [-0.3, -0.25) is 14.9 Å². The second-order valence-electron chi connectivity index (χ2n) is 7.23. The summed E-state index contributed by atoms with van der Waals surface area (Å²) in [5.74, 6) is -0.645. The number of non-ortho nitro benzene ring substituents is 1. The molecule has 0 bridgehead atoms. The molecule has 3 aromatic carbocycles. The van der Waals surface area contributed by atoms with E-state index in [-0.39, 0.29) is 16.8 Å². The molecule has 4 rings (SSSR count). The molecule has 8 nitrogen and oxygen atoms in total. The number of esters is 1. The third kappa shape index (κ3) is 4.72. The first kappa shape index (κ1) is 22.9. The van der Waals surface area contributed by atoms with Crippen LogP contribution in [0.25, 0.3) is 22.2 Å². The molecule has 9 heteroatoms. The summed E-state index contributed by atoms with van der Waals surface area (Å²) in [6.07, 6.45) is 0. The summed E-state index contributed by atoms with van der Waals surface area (Å²) in [4.78, 5) is 40.4. The van der Waals surface area contributed by atoms with Gasteiger partial charge in [0.1, 0.15) is 5.75 Å². The predicted octanol–water partition coefficient (Wildman–Crippen LogP) is 5.51. The molecule has 1 heterocycles. The first-order valence-electron chi connectivity index (χ1n) is 10.1. The van der Waals surface area contributed by atoms with E-state index in [0.29, 0.717) is 27.4 Å². The molecule has 0 amide bonds. The standard InChI is InChI=1S/C25H17ClN2O6/c1-33-18-10-8-15(9-11-18)22-13-20(19-6-3-7-21(26)24(19)27-22)25(30)34-14-23(29)16-4-2-5-17(12-16)28(31)32/h2-13H,14H2,1H3. The highest BCUT2D eigenvalue weighted by Crippen LogP contribution is 2.30. The number of nitrogens with zero attached hydrogens (tertiary/aromatic N) is 2. The van der Waals surface area contributed by atoms with Crippen LogP contribution < -0.4 is 4.74 Å². The largest absolute Gasteiger partial charge is 0.497 e. The lowest BCUT2D eigenvalue weighted by atomic mass is 10.0. The van der Waals surface area contributed by atoms with Crippen molar-refractivity contribution in [2.75, 3.05) is 13.7 Å². The molecule has 0 spiro atoms. The number of hydrogen-bond acceptors (Lipinski definition) is 7. The lowest BCUT2D eigenvalue weighted by Gasteiger charge is -2.11. The summed E-state index contributed by atoms with van der Waals surface area (Å²) in [5.41, 5.74) is 1.66. The molecule has 0 aliphatic carbocycles. The van der Waals surface area contributed by atoms with E-state index in [1.807, 2.05) is 0 Å². The van der Waals surface area contributed by atoms with Crippen LogP contribution in [0, 0.1) is 10.1 Å². The molecule has 0 saturated carbocycles. The van der Waals surface area contributed by atoms with Crippen molar-refractivity contribution in [2.45, 2.75) is 0 Å². The van der Waals surface area contributed by atoms with E-state index < -0.39 is 23.3 Å². The molecule has 0 radical (unpaired) electrons. The van der Waals surface area contributed by atoms with Crippen LogP contribution in [0.15, 0.2) is 72.8 Å². The Morgan fingerprint density at radius 2 is 1.76 bits per heavy atom. The maximum absolute atomic E-state index is 13.0. The highest BCUT2D eigenvalue weighted by atomic mass is 35.5. The number of nitro groups is 1. The van der Waals surface area contributed by atoms with E-state index in [9.17, 15) is 19.7 Å². The van der Waals surface area contributed by atoms with Gasteiger partial charge in [-0.2, -0.15) is 0 Å². The number of aromatic nitrogens is 1. The molecule has 0 unspecified atom stereocenters. The van der Waals surface area contributed by atoms with Crippen LogP contribution >= 0.6 is 11.6 Å². The topological polar surface area (TPSA) is 109 Å².